The average Bonchev–Trinajstić information content (AvgIpc) is 3.47. The van der Waals surface area contributed by atoms with Crippen molar-refractivity contribution >= 4 is 17.6 Å². The summed E-state index contributed by atoms with van der Waals surface area (Å²) in [6.45, 7) is 11.8. The largest absolute Gasteiger partial charge is 0.451 e. The van der Waals surface area contributed by atoms with Gasteiger partial charge in [0.15, 0.2) is 11.6 Å². The molecular formula is C33H45FN6O3. The number of nitrogens with one attached hydrogen (secondary N) is 1. The van der Waals surface area contributed by atoms with Gasteiger partial charge in [-0.3, -0.25) is 9.59 Å². The van der Waals surface area contributed by atoms with Crippen molar-refractivity contribution in [2.75, 3.05) is 37.6 Å². The van der Waals surface area contributed by atoms with Crippen LogP contribution in [-0.4, -0.2) is 82.4 Å². The van der Waals surface area contributed by atoms with Crippen LogP contribution in [0.2, 0.25) is 0 Å². The van der Waals surface area contributed by atoms with Crippen LogP contribution < -0.4 is 15.0 Å². The fraction of sp³-hybridized carbons (Fsp3) is 0.636. The molecule has 1 aromatic carbocycles. The lowest BCUT2D eigenvalue weighted by molar-refractivity contribution is -0.134. The Balaban J connectivity index is 1.18. The van der Waals surface area contributed by atoms with Gasteiger partial charge in [0, 0.05) is 43.7 Å². The van der Waals surface area contributed by atoms with Gasteiger partial charge in [0.1, 0.15) is 17.9 Å². The van der Waals surface area contributed by atoms with Gasteiger partial charge < -0.3 is 24.8 Å². The van der Waals surface area contributed by atoms with E-state index < -0.39 is 5.82 Å². The zero-order chi connectivity index (χ0) is 30.3. The maximum absolute atomic E-state index is 14.4. The Bertz CT molecular complexity index is 1340. The minimum atomic E-state index is -0.499. The molecule has 5 fully saturated rings. The smallest absolute Gasteiger partial charge is 0.258 e. The number of carbonyl (C=O) groups is 2. The van der Waals surface area contributed by atoms with Gasteiger partial charge in [0.2, 0.25) is 5.91 Å². The van der Waals surface area contributed by atoms with E-state index in [2.05, 4.69) is 25.1 Å². The molecule has 4 aliphatic heterocycles. The third-order valence-electron chi connectivity index (χ3n) is 10.1. The quantitative estimate of drug-likeness (QED) is 0.491. The number of benzene rings is 1. The Morgan fingerprint density at radius 3 is 2.53 bits per heavy atom. The molecule has 9 nitrogen and oxygen atoms in total. The van der Waals surface area contributed by atoms with E-state index in [-0.39, 0.29) is 46.7 Å². The lowest BCUT2D eigenvalue weighted by atomic mass is 9.81. The normalized spacial score (nSPS) is 26.9. The molecule has 1 saturated carbocycles. The van der Waals surface area contributed by atoms with Gasteiger partial charge in [0.25, 0.3) is 5.91 Å². The summed E-state index contributed by atoms with van der Waals surface area (Å²) in [4.78, 5) is 42.1. The van der Waals surface area contributed by atoms with Gasteiger partial charge in [-0.05, 0) is 103 Å². The van der Waals surface area contributed by atoms with Crippen molar-refractivity contribution in [1.82, 2.24) is 25.1 Å². The Morgan fingerprint density at radius 2 is 1.79 bits per heavy atom. The zero-order valence-corrected chi connectivity index (χ0v) is 25.9. The number of likely N-dealkylation sites (tertiary alicyclic amines) is 1. The third-order valence-corrected chi connectivity index (χ3v) is 10.1. The van der Waals surface area contributed by atoms with E-state index in [4.69, 9.17) is 4.74 Å². The highest BCUT2D eigenvalue weighted by Gasteiger charge is 2.48. The lowest BCUT2D eigenvalue weighted by Crippen LogP contribution is -2.49. The summed E-state index contributed by atoms with van der Waals surface area (Å²) in [7, 11) is 0. The second kappa shape index (κ2) is 12.0. The summed E-state index contributed by atoms with van der Waals surface area (Å²) in [6, 6.07) is 3.87. The van der Waals surface area contributed by atoms with Gasteiger partial charge in [-0.1, -0.05) is 0 Å². The van der Waals surface area contributed by atoms with E-state index in [0.717, 1.165) is 64.3 Å². The first-order valence-corrected chi connectivity index (χ1v) is 16.0. The zero-order valence-electron chi connectivity index (χ0n) is 25.9. The molecule has 43 heavy (non-hydrogen) atoms. The Hall–Kier alpha value is -3.27. The molecule has 2 amide bonds. The Kier molecular flexibility index (Phi) is 8.33. The van der Waals surface area contributed by atoms with Crippen LogP contribution in [0.3, 0.4) is 0 Å². The molecular weight excluding hydrogens is 547 g/mol. The summed E-state index contributed by atoms with van der Waals surface area (Å²) in [5.41, 5.74) is 0.174. The number of hydrogen-bond acceptors (Lipinski definition) is 7. The highest BCUT2D eigenvalue weighted by atomic mass is 19.1. The number of hydrogen-bond donors (Lipinski definition) is 1. The Labute approximate surface area is 254 Å². The number of halogens is 1. The summed E-state index contributed by atoms with van der Waals surface area (Å²) in [5, 5.41) is 3.61. The van der Waals surface area contributed by atoms with E-state index in [1.807, 2.05) is 27.7 Å². The van der Waals surface area contributed by atoms with Crippen molar-refractivity contribution in [2.24, 2.45) is 17.3 Å². The number of aromatic nitrogens is 2. The molecule has 2 bridgehead atoms. The van der Waals surface area contributed by atoms with Crippen LogP contribution >= 0.6 is 0 Å². The molecule has 2 atom stereocenters. The van der Waals surface area contributed by atoms with Crippen molar-refractivity contribution in [2.45, 2.75) is 84.3 Å². The predicted octanol–water partition coefficient (Wildman–Crippen LogP) is 4.87. The molecule has 0 radical (unpaired) electrons. The van der Waals surface area contributed by atoms with Crippen molar-refractivity contribution < 1.29 is 18.7 Å². The van der Waals surface area contributed by atoms with Gasteiger partial charge in [0.05, 0.1) is 17.8 Å². The molecule has 1 N–H and O–H groups in total. The first-order chi connectivity index (χ1) is 20.6. The Morgan fingerprint density at radius 1 is 1.05 bits per heavy atom. The van der Waals surface area contributed by atoms with Crippen LogP contribution in [0, 0.1) is 23.1 Å². The molecule has 7 rings (SSSR count). The van der Waals surface area contributed by atoms with Crippen LogP contribution in [0.5, 0.6) is 11.5 Å². The highest BCUT2D eigenvalue weighted by Crippen LogP contribution is 2.44. The average molecular weight is 593 g/mol. The number of fused-ring (bicyclic) bond motifs is 4. The second-order valence-corrected chi connectivity index (χ2v) is 13.7. The topological polar surface area (TPSA) is 90.9 Å². The molecule has 1 aliphatic carbocycles. The molecule has 5 heterocycles. The summed E-state index contributed by atoms with van der Waals surface area (Å²) in [6.07, 6.45) is 9.83. The van der Waals surface area contributed by atoms with E-state index in [1.54, 1.807) is 11.1 Å². The number of amides is 2. The maximum Gasteiger partial charge on any atom is 0.258 e. The van der Waals surface area contributed by atoms with Gasteiger partial charge in [-0.15, -0.1) is 0 Å². The van der Waals surface area contributed by atoms with E-state index in [0.29, 0.717) is 17.5 Å². The third kappa shape index (κ3) is 5.95. The SMILES string of the molecule is CC(C)N(C(=O)c1cc(F)ccc1Oc1cncnc1N1CCC2(CCN(C(=O)[C@H]3NCC4CCC3CC4)C2)C1)C(C)C. The molecule has 232 valence electrons. The van der Waals surface area contributed by atoms with Gasteiger partial charge >= 0.3 is 0 Å². The molecule has 1 spiro atoms. The summed E-state index contributed by atoms with van der Waals surface area (Å²) >= 11 is 0. The lowest BCUT2D eigenvalue weighted by Gasteiger charge is -2.31. The van der Waals surface area contributed by atoms with Crippen LogP contribution in [0.1, 0.15) is 76.6 Å². The van der Waals surface area contributed by atoms with Crippen LogP contribution in [0.15, 0.2) is 30.7 Å². The summed E-state index contributed by atoms with van der Waals surface area (Å²) in [5.74, 6) is 2.01. The molecule has 1 unspecified atom stereocenters. The van der Waals surface area contributed by atoms with Crippen LogP contribution in [-0.2, 0) is 4.79 Å². The maximum atomic E-state index is 14.4. The number of rotatable bonds is 7. The second-order valence-electron chi connectivity index (χ2n) is 13.7. The van der Waals surface area contributed by atoms with Gasteiger partial charge in [-0.25, -0.2) is 14.4 Å². The van der Waals surface area contributed by atoms with Crippen molar-refractivity contribution in [3.05, 3.63) is 42.1 Å². The van der Waals surface area contributed by atoms with E-state index in [9.17, 15) is 14.0 Å². The van der Waals surface area contributed by atoms with Gasteiger partial charge in [-0.2, -0.15) is 0 Å². The molecule has 5 aliphatic rings. The highest BCUT2D eigenvalue weighted by molar-refractivity contribution is 5.97. The van der Waals surface area contributed by atoms with Crippen LogP contribution in [0.25, 0.3) is 0 Å². The number of nitrogens with zero attached hydrogens (tertiary/aromatic N) is 5. The standard InChI is InChI=1S/C33H45FN6O3/c1-21(2)40(22(3)4)31(41)26-15-25(34)9-10-27(26)43-28-17-35-20-37-30(28)38-13-11-33(18-38)12-14-39(19-33)32(42)29-24-7-5-23(6-8-24)16-36-29/h9-10,15,17,20-24,29,36H,5-8,11-14,16,18-19H2,1-4H3/t23?,24?,29-,33?/m0/s1. The van der Waals surface area contributed by atoms with Crippen LogP contribution in [0.4, 0.5) is 10.2 Å². The number of ether oxygens (including phenoxy) is 1. The first-order valence-electron chi connectivity index (χ1n) is 16.0. The van der Waals surface area contributed by atoms with E-state index >= 15 is 0 Å². The monoisotopic (exact) mass is 592 g/mol. The molecule has 2 aromatic rings. The summed E-state index contributed by atoms with van der Waals surface area (Å²) < 4.78 is 20.7. The first kappa shape index (κ1) is 29.8. The minimum absolute atomic E-state index is 0.00680. The predicted molar refractivity (Wildman–Crippen MR) is 163 cm³/mol. The van der Waals surface area contributed by atoms with Crippen molar-refractivity contribution in [3.63, 3.8) is 0 Å². The van der Waals surface area contributed by atoms with E-state index in [1.165, 1.54) is 37.4 Å². The molecule has 1 aromatic heterocycles. The number of carbonyl (C=O) groups excluding carboxylic acids is 2. The van der Waals surface area contributed by atoms with Crippen molar-refractivity contribution in [3.8, 4) is 11.5 Å². The number of anilines is 1. The molecule has 10 heteroatoms. The fourth-order valence-electron chi connectivity index (χ4n) is 7.94. The van der Waals surface area contributed by atoms with Crippen molar-refractivity contribution in [1.29, 1.82) is 0 Å². The molecule has 4 saturated heterocycles. The fourth-order valence-corrected chi connectivity index (χ4v) is 7.94. The minimum Gasteiger partial charge on any atom is -0.451 e.